The summed E-state index contributed by atoms with van der Waals surface area (Å²) in [6.07, 6.45) is 3.77. The highest BCUT2D eigenvalue weighted by atomic mass is 79.9. The van der Waals surface area contributed by atoms with Crippen LogP contribution in [-0.4, -0.2) is 12.4 Å². The fourth-order valence-corrected chi connectivity index (χ4v) is 3.43. The summed E-state index contributed by atoms with van der Waals surface area (Å²) in [5.41, 5.74) is 6.36. The van der Waals surface area contributed by atoms with Crippen molar-refractivity contribution in [2.45, 2.75) is 13.8 Å². The molecule has 0 saturated carbocycles. The molecule has 4 heteroatoms. The first-order valence-electron chi connectivity index (χ1n) is 8.22. The average molecular weight is 470 g/mol. The van der Waals surface area contributed by atoms with Gasteiger partial charge in [0.25, 0.3) is 0 Å². The van der Waals surface area contributed by atoms with Crippen LogP contribution in [0.2, 0.25) is 0 Å². The zero-order valence-electron chi connectivity index (χ0n) is 14.6. The largest absolute Gasteiger partial charge is 0.256 e. The molecule has 0 radical (unpaired) electrons. The van der Waals surface area contributed by atoms with E-state index in [1.165, 1.54) is 0 Å². The third kappa shape index (κ3) is 4.99. The number of benzene rings is 3. The molecule has 0 saturated heterocycles. The summed E-state index contributed by atoms with van der Waals surface area (Å²) >= 11 is 6.95. The molecule has 0 aliphatic heterocycles. The van der Waals surface area contributed by atoms with Crippen molar-refractivity contribution < 1.29 is 0 Å². The van der Waals surface area contributed by atoms with E-state index in [4.69, 9.17) is 0 Å². The maximum absolute atomic E-state index is 4.58. The van der Waals surface area contributed by atoms with Crippen LogP contribution in [0, 0.1) is 13.8 Å². The molecule has 2 nitrogen and oxygen atoms in total. The lowest BCUT2D eigenvalue weighted by atomic mass is 10.1. The van der Waals surface area contributed by atoms with E-state index in [0.717, 1.165) is 42.6 Å². The van der Waals surface area contributed by atoms with Crippen molar-refractivity contribution in [3.8, 4) is 0 Å². The number of hydrogen-bond acceptors (Lipinski definition) is 2. The Hall–Kier alpha value is -2.04. The summed E-state index contributed by atoms with van der Waals surface area (Å²) in [6, 6.07) is 20.4. The van der Waals surface area contributed by atoms with Gasteiger partial charge in [0.1, 0.15) is 0 Å². The standard InChI is InChI=1S/C22H18Br2N2/c1-15-11-19(23)7-9-21(15)25-13-17-3-5-18(6-4-17)14-26-22-10-8-20(24)12-16(22)2/h3-14H,1-2H3. The van der Waals surface area contributed by atoms with Crippen molar-refractivity contribution in [1.29, 1.82) is 0 Å². The van der Waals surface area contributed by atoms with Gasteiger partial charge in [0, 0.05) is 21.4 Å². The van der Waals surface area contributed by atoms with Gasteiger partial charge < -0.3 is 0 Å². The molecular formula is C22H18Br2N2. The van der Waals surface area contributed by atoms with Gasteiger partial charge in [-0.3, -0.25) is 9.98 Å². The molecule has 3 aromatic carbocycles. The first kappa shape index (κ1) is 18.7. The number of hydrogen-bond donors (Lipinski definition) is 0. The van der Waals surface area contributed by atoms with Crippen LogP contribution in [0.15, 0.2) is 79.6 Å². The SMILES string of the molecule is Cc1cc(Br)ccc1N=Cc1ccc(C=Nc2ccc(Br)cc2C)cc1. The highest BCUT2D eigenvalue weighted by molar-refractivity contribution is 9.10. The predicted molar refractivity (Wildman–Crippen MR) is 119 cm³/mol. The van der Waals surface area contributed by atoms with Crippen molar-refractivity contribution in [3.63, 3.8) is 0 Å². The van der Waals surface area contributed by atoms with E-state index in [9.17, 15) is 0 Å². The molecule has 0 atom stereocenters. The quantitative estimate of drug-likeness (QED) is 0.357. The molecule has 0 N–H and O–H groups in total. The Morgan fingerprint density at radius 1 is 0.615 bits per heavy atom. The molecule has 0 spiro atoms. The average Bonchev–Trinajstić information content (AvgIpc) is 2.61. The Labute approximate surface area is 171 Å². The fraction of sp³-hybridized carbons (Fsp3) is 0.0909. The van der Waals surface area contributed by atoms with E-state index < -0.39 is 0 Å². The van der Waals surface area contributed by atoms with Gasteiger partial charge in [-0.1, -0.05) is 56.1 Å². The monoisotopic (exact) mass is 468 g/mol. The van der Waals surface area contributed by atoms with Crippen LogP contribution in [0.3, 0.4) is 0 Å². The molecule has 0 amide bonds. The van der Waals surface area contributed by atoms with Crippen molar-refractivity contribution in [1.82, 2.24) is 0 Å². The number of aryl methyl sites for hydroxylation is 2. The first-order valence-corrected chi connectivity index (χ1v) is 9.80. The first-order chi connectivity index (χ1) is 12.5. The molecule has 3 rings (SSSR count). The van der Waals surface area contributed by atoms with E-state index >= 15 is 0 Å². The van der Waals surface area contributed by atoms with Crippen LogP contribution >= 0.6 is 31.9 Å². The molecule has 26 heavy (non-hydrogen) atoms. The van der Waals surface area contributed by atoms with Crippen LogP contribution in [-0.2, 0) is 0 Å². The van der Waals surface area contributed by atoms with Gasteiger partial charge in [0.05, 0.1) is 11.4 Å². The van der Waals surface area contributed by atoms with Gasteiger partial charge >= 0.3 is 0 Å². The minimum absolute atomic E-state index is 0.976. The minimum Gasteiger partial charge on any atom is -0.256 e. The van der Waals surface area contributed by atoms with Crippen LogP contribution in [0.4, 0.5) is 11.4 Å². The Balaban J connectivity index is 1.72. The van der Waals surface area contributed by atoms with Gasteiger partial charge in [-0.25, -0.2) is 0 Å². The summed E-state index contributed by atoms with van der Waals surface area (Å²) in [5, 5.41) is 0. The normalized spacial score (nSPS) is 11.5. The van der Waals surface area contributed by atoms with E-state index in [1.807, 2.05) is 61.0 Å². The lowest BCUT2D eigenvalue weighted by Crippen LogP contribution is -1.85. The van der Waals surface area contributed by atoms with Crippen molar-refractivity contribution in [2.24, 2.45) is 9.98 Å². The molecule has 0 aliphatic carbocycles. The summed E-state index contributed by atoms with van der Waals surface area (Å²) in [5.74, 6) is 0. The highest BCUT2D eigenvalue weighted by Crippen LogP contribution is 2.23. The second-order valence-electron chi connectivity index (χ2n) is 6.04. The van der Waals surface area contributed by atoms with Crippen molar-refractivity contribution in [3.05, 3.63) is 91.9 Å². The zero-order chi connectivity index (χ0) is 18.5. The molecule has 0 aromatic heterocycles. The van der Waals surface area contributed by atoms with E-state index in [0.29, 0.717) is 0 Å². The van der Waals surface area contributed by atoms with E-state index in [2.05, 4.69) is 67.8 Å². The van der Waals surface area contributed by atoms with Gasteiger partial charge in [-0.15, -0.1) is 0 Å². The minimum atomic E-state index is 0.976. The second kappa shape index (κ2) is 8.56. The molecule has 0 unspecified atom stereocenters. The molecule has 130 valence electrons. The smallest absolute Gasteiger partial charge is 0.0659 e. The zero-order valence-corrected chi connectivity index (χ0v) is 17.8. The summed E-state index contributed by atoms with van der Waals surface area (Å²) in [7, 11) is 0. The Kier molecular flexibility index (Phi) is 6.17. The molecule has 0 aliphatic rings. The Morgan fingerprint density at radius 3 is 1.35 bits per heavy atom. The van der Waals surface area contributed by atoms with Crippen LogP contribution < -0.4 is 0 Å². The second-order valence-corrected chi connectivity index (χ2v) is 7.88. The molecule has 0 bridgehead atoms. The Morgan fingerprint density at radius 2 is 1.00 bits per heavy atom. The fourth-order valence-electron chi connectivity index (χ4n) is 2.48. The van der Waals surface area contributed by atoms with Crippen LogP contribution in [0.1, 0.15) is 22.3 Å². The third-order valence-electron chi connectivity index (χ3n) is 3.96. The van der Waals surface area contributed by atoms with Crippen LogP contribution in [0.5, 0.6) is 0 Å². The lowest BCUT2D eigenvalue weighted by molar-refractivity contribution is 1.39. The van der Waals surface area contributed by atoms with E-state index in [1.54, 1.807) is 0 Å². The molecular weight excluding hydrogens is 452 g/mol. The third-order valence-corrected chi connectivity index (χ3v) is 4.95. The maximum Gasteiger partial charge on any atom is 0.0659 e. The topological polar surface area (TPSA) is 24.7 Å². The van der Waals surface area contributed by atoms with Crippen molar-refractivity contribution in [2.75, 3.05) is 0 Å². The van der Waals surface area contributed by atoms with Gasteiger partial charge in [0.15, 0.2) is 0 Å². The van der Waals surface area contributed by atoms with E-state index in [-0.39, 0.29) is 0 Å². The maximum atomic E-state index is 4.58. The van der Waals surface area contributed by atoms with Gasteiger partial charge in [-0.05, 0) is 72.5 Å². The summed E-state index contributed by atoms with van der Waals surface area (Å²) in [6.45, 7) is 4.11. The number of aliphatic imine (C=N–C) groups is 2. The van der Waals surface area contributed by atoms with Crippen LogP contribution in [0.25, 0.3) is 0 Å². The molecule has 0 heterocycles. The van der Waals surface area contributed by atoms with Crippen molar-refractivity contribution >= 4 is 55.7 Å². The molecule has 0 fully saturated rings. The number of rotatable bonds is 4. The predicted octanol–water partition coefficient (Wildman–Crippen LogP) is 7.33. The Bertz CT molecular complexity index is 893. The summed E-state index contributed by atoms with van der Waals surface area (Å²) in [4.78, 5) is 9.15. The van der Waals surface area contributed by atoms with Gasteiger partial charge in [0.2, 0.25) is 0 Å². The number of nitrogens with zero attached hydrogens (tertiary/aromatic N) is 2. The highest BCUT2D eigenvalue weighted by Gasteiger charge is 1.98. The summed E-state index contributed by atoms with van der Waals surface area (Å²) < 4.78 is 2.14. The molecule has 3 aromatic rings. The lowest BCUT2D eigenvalue weighted by Gasteiger charge is -2.01. The van der Waals surface area contributed by atoms with Gasteiger partial charge in [-0.2, -0.15) is 0 Å². The number of halogens is 2.